The van der Waals surface area contributed by atoms with Crippen LogP contribution in [0.1, 0.15) is 51.9 Å². The minimum absolute atomic E-state index is 0.112. The van der Waals surface area contributed by atoms with Gasteiger partial charge in [-0.1, -0.05) is 44.7 Å². The first-order chi connectivity index (χ1) is 10.6. The number of unbranched alkanes of at least 4 members (excludes halogenated alkanes) is 2. The van der Waals surface area contributed by atoms with Gasteiger partial charge in [0.2, 0.25) is 0 Å². The van der Waals surface area contributed by atoms with Gasteiger partial charge in [-0.3, -0.25) is 4.79 Å². The molecule has 0 amide bonds. The fourth-order valence-electron chi connectivity index (χ4n) is 2.65. The number of hydrogen-bond donors (Lipinski definition) is 2. The molecule has 1 aliphatic carbocycles. The van der Waals surface area contributed by atoms with Gasteiger partial charge < -0.3 is 10.2 Å². The van der Waals surface area contributed by atoms with Crippen LogP contribution >= 0.6 is 0 Å². The van der Waals surface area contributed by atoms with Gasteiger partial charge in [0.05, 0.1) is 12.0 Å². The van der Waals surface area contributed by atoms with Crippen LogP contribution < -0.4 is 0 Å². The largest absolute Gasteiger partial charge is 0.388 e. The molecule has 3 nitrogen and oxygen atoms in total. The van der Waals surface area contributed by atoms with Gasteiger partial charge in [-0.2, -0.15) is 0 Å². The van der Waals surface area contributed by atoms with Gasteiger partial charge in [-0.25, -0.2) is 0 Å². The molecule has 1 rings (SSSR count). The lowest BCUT2D eigenvalue weighted by Crippen LogP contribution is -2.17. The molecule has 1 aliphatic rings. The predicted octanol–water partition coefficient (Wildman–Crippen LogP) is 2.35. The van der Waals surface area contributed by atoms with E-state index in [1.54, 1.807) is 6.08 Å². The van der Waals surface area contributed by atoms with Gasteiger partial charge in [0.1, 0.15) is 14.0 Å². The van der Waals surface area contributed by atoms with Crippen molar-refractivity contribution in [2.24, 2.45) is 5.92 Å². The van der Waals surface area contributed by atoms with Crippen molar-refractivity contribution in [2.45, 2.75) is 70.4 Å². The molecule has 122 valence electrons. The molecule has 0 aromatic heterocycles. The summed E-state index contributed by atoms with van der Waals surface area (Å²) in [5.41, 5.74) is 3.91. The van der Waals surface area contributed by atoms with Crippen molar-refractivity contribution in [2.75, 3.05) is 0 Å². The van der Waals surface area contributed by atoms with Gasteiger partial charge in [0.15, 0.2) is 5.78 Å². The summed E-state index contributed by atoms with van der Waals surface area (Å²) < 4.78 is 0. The molecular weight excluding hydrogens is 275 g/mol. The van der Waals surface area contributed by atoms with E-state index >= 15 is 0 Å². The third kappa shape index (κ3) is 6.35. The highest BCUT2D eigenvalue weighted by Gasteiger charge is 2.36. The Balaban J connectivity index is 2.67. The molecule has 0 aromatic carbocycles. The number of carbonyl (C=O) groups excluding carboxylic acids is 1. The van der Waals surface area contributed by atoms with Crippen LogP contribution in [-0.2, 0) is 4.79 Å². The zero-order valence-electron chi connectivity index (χ0n) is 13.9. The average Bonchev–Trinajstić information content (AvgIpc) is 2.78. The lowest BCUT2D eigenvalue weighted by atomic mass is 9.97. The fourth-order valence-corrected chi connectivity index (χ4v) is 2.65. The van der Waals surface area contributed by atoms with E-state index in [4.69, 9.17) is 0 Å². The summed E-state index contributed by atoms with van der Waals surface area (Å²) in [6.07, 6.45) is 11.4. The van der Waals surface area contributed by atoms with E-state index in [1.807, 2.05) is 6.08 Å². The Hall–Kier alpha value is -1.09. The summed E-state index contributed by atoms with van der Waals surface area (Å²) in [7, 11) is 2.15. The van der Waals surface area contributed by atoms with Crippen LogP contribution in [-0.4, -0.2) is 36.1 Å². The Morgan fingerprint density at radius 3 is 2.86 bits per heavy atom. The normalized spacial score (nSPS) is 23.0. The van der Waals surface area contributed by atoms with E-state index in [0.717, 1.165) is 44.0 Å². The van der Waals surface area contributed by atoms with Crippen LogP contribution in [0.5, 0.6) is 0 Å². The third-order valence-corrected chi connectivity index (χ3v) is 4.08. The van der Waals surface area contributed by atoms with Gasteiger partial charge in [0, 0.05) is 6.42 Å². The van der Waals surface area contributed by atoms with Crippen LogP contribution in [0.2, 0.25) is 6.32 Å². The van der Waals surface area contributed by atoms with Crippen LogP contribution in [0.3, 0.4) is 0 Å². The number of rotatable bonds is 9. The molecule has 0 bridgehead atoms. The molecule has 1 fully saturated rings. The zero-order chi connectivity index (χ0) is 16.4. The molecule has 22 heavy (non-hydrogen) atoms. The molecule has 2 N–H and O–H groups in total. The number of aliphatic hydroxyl groups excluding tert-OH is 2. The molecule has 4 heteroatoms. The minimum atomic E-state index is -0.905. The number of Topliss-reactive ketones (excluding diaryl/α,β-unsaturated/α-hetero) is 1. The Bertz CT molecular complexity index is 436. The Labute approximate surface area is 135 Å². The van der Waals surface area contributed by atoms with Gasteiger partial charge >= 0.3 is 0 Å². The summed E-state index contributed by atoms with van der Waals surface area (Å²) in [6.45, 7) is 2.09. The summed E-state index contributed by atoms with van der Waals surface area (Å²) in [4.78, 5) is 12.0. The quantitative estimate of drug-likeness (QED) is 0.297. The second kappa shape index (κ2) is 10.6. The first-order valence-electron chi connectivity index (χ1n) is 8.60. The molecule has 0 spiro atoms. The van der Waals surface area contributed by atoms with E-state index in [0.29, 0.717) is 12.8 Å². The zero-order valence-corrected chi connectivity index (χ0v) is 13.9. The highest BCUT2D eigenvalue weighted by atomic mass is 16.3. The van der Waals surface area contributed by atoms with Crippen molar-refractivity contribution in [1.82, 2.24) is 0 Å². The molecular formula is C18H29BO3. The van der Waals surface area contributed by atoms with Crippen LogP contribution in [0.15, 0.2) is 29.5 Å². The third-order valence-electron chi connectivity index (χ3n) is 4.08. The molecule has 1 saturated carbocycles. The standard InChI is InChI=1S/C18H29BO3/c1-2-3-8-15(20)11-10-14-13-17(21)18(22)16(14)9-6-4-5-7-12-19/h4,6,11,15-17,20-21H,2-3,5,7-9,12-13,19H2,1H3/b6-4-/t10?,15?,16-,17?/m1/s1. The van der Waals surface area contributed by atoms with Crippen molar-refractivity contribution in [3.8, 4) is 0 Å². The van der Waals surface area contributed by atoms with E-state index in [1.165, 1.54) is 0 Å². The SMILES string of the molecule is BCCC/C=C\C[C@H]1C(=O)C(O)CC1=C=CC(O)CCCC. The second-order valence-electron chi connectivity index (χ2n) is 6.07. The first-order valence-corrected chi connectivity index (χ1v) is 8.60. The molecule has 3 atom stereocenters. The maximum Gasteiger partial charge on any atom is 0.169 e. The Morgan fingerprint density at radius 2 is 2.18 bits per heavy atom. The molecule has 0 heterocycles. The van der Waals surface area contributed by atoms with Crippen LogP contribution in [0.4, 0.5) is 0 Å². The first kappa shape index (κ1) is 19.0. The maximum atomic E-state index is 12.0. The lowest BCUT2D eigenvalue weighted by molar-refractivity contribution is -0.127. The number of ketones is 1. The Morgan fingerprint density at radius 1 is 1.41 bits per heavy atom. The summed E-state index contributed by atoms with van der Waals surface area (Å²) in [5, 5.41) is 19.6. The summed E-state index contributed by atoms with van der Waals surface area (Å²) in [5.74, 6) is -0.387. The topological polar surface area (TPSA) is 57.5 Å². The Kier molecular flexibility index (Phi) is 9.14. The van der Waals surface area contributed by atoms with Crippen molar-refractivity contribution < 1.29 is 15.0 Å². The molecule has 0 saturated heterocycles. The molecule has 0 aliphatic heterocycles. The second-order valence-corrected chi connectivity index (χ2v) is 6.07. The van der Waals surface area contributed by atoms with Gasteiger partial charge in [0.25, 0.3) is 0 Å². The number of aliphatic hydroxyl groups is 2. The maximum absolute atomic E-state index is 12.0. The highest BCUT2D eigenvalue weighted by Crippen LogP contribution is 2.30. The van der Waals surface area contributed by atoms with Crippen molar-refractivity contribution in [3.63, 3.8) is 0 Å². The van der Waals surface area contributed by atoms with E-state index < -0.39 is 12.2 Å². The molecule has 0 radical (unpaired) electrons. The summed E-state index contributed by atoms with van der Waals surface area (Å²) in [6, 6.07) is 0. The number of hydrogen-bond acceptors (Lipinski definition) is 3. The lowest BCUT2D eigenvalue weighted by Gasteiger charge is -2.06. The van der Waals surface area contributed by atoms with E-state index in [-0.39, 0.29) is 11.7 Å². The van der Waals surface area contributed by atoms with Gasteiger partial charge in [-0.15, -0.1) is 5.73 Å². The predicted molar refractivity (Wildman–Crippen MR) is 92.6 cm³/mol. The monoisotopic (exact) mass is 304 g/mol. The highest BCUT2D eigenvalue weighted by molar-refractivity contribution is 6.08. The minimum Gasteiger partial charge on any atom is -0.388 e. The molecule has 0 aromatic rings. The smallest absolute Gasteiger partial charge is 0.169 e. The average molecular weight is 304 g/mol. The van der Waals surface area contributed by atoms with Crippen molar-refractivity contribution in [1.29, 1.82) is 0 Å². The molecule has 2 unspecified atom stereocenters. The van der Waals surface area contributed by atoms with Crippen LogP contribution in [0.25, 0.3) is 0 Å². The van der Waals surface area contributed by atoms with Crippen molar-refractivity contribution >= 4 is 13.6 Å². The summed E-state index contributed by atoms with van der Waals surface area (Å²) >= 11 is 0. The van der Waals surface area contributed by atoms with Gasteiger partial charge in [-0.05, 0) is 30.9 Å². The van der Waals surface area contributed by atoms with E-state index in [9.17, 15) is 15.0 Å². The van der Waals surface area contributed by atoms with Crippen LogP contribution in [0, 0.1) is 5.92 Å². The fraction of sp³-hybridized carbons (Fsp3) is 0.667. The van der Waals surface area contributed by atoms with Crippen molar-refractivity contribution in [3.05, 3.63) is 29.5 Å². The van der Waals surface area contributed by atoms with E-state index in [2.05, 4.69) is 26.6 Å². The number of carbonyl (C=O) groups is 1. The number of allylic oxidation sites excluding steroid dienone is 2.